The molecule has 20 heavy (non-hydrogen) atoms. The lowest BCUT2D eigenvalue weighted by atomic mass is 10.2. The van der Waals surface area contributed by atoms with Crippen LogP contribution in [0.2, 0.25) is 0 Å². The number of hydrogen-bond acceptors (Lipinski definition) is 6. The lowest BCUT2D eigenvalue weighted by molar-refractivity contribution is -0.109. The van der Waals surface area contributed by atoms with Crippen molar-refractivity contribution in [2.75, 3.05) is 26.6 Å². The standard InChI is InChI=1S/C12H20N2O5S/c1-8(12(18-3)19-4)14-10-7-9(20(13,15)16)5-6-11(10)17-2/h5-8,12,14H,1-4H3,(H2,13,15,16). The van der Waals surface area contributed by atoms with Crippen LogP contribution in [0, 0.1) is 0 Å². The van der Waals surface area contributed by atoms with E-state index < -0.39 is 16.3 Å². The molecule has 0 aliphatic heterocycles. The molecule has 8 heteroatoms. The summed E-state index contributed by atoms with van der Waals surface area (Å²) in [5.41, 5.74) is 0.491. The van der Waals surface area contributed by atoms with E-state index >= 15 is 0 Å². The summed E-state index contributed by atoms with van der Waals surface area (Å²) in [6.45, 7) is 1.83. The molecule has 0 saturated carbocycles. The number of benzene rings is 1. The van der Waals surface area contributed by atoms with Crippen LogP contribution in [0.5, 0.6) is 5.75 Å². The highest BCUT2D eigenvalue weighted by Gasteiger charge is 2.19. The molecule has 7 nitrogen and oxygen atoms in total. The van der Waals surface area contributed by atoms with Gasteiger partial charge in [0.1, 0.15) is 5.75 Å². The molecule has 0 aliphatic carbocycles. The monoisotopic (exact) mass is 304 g/mol. The van der Waals surface area contributed by atoms with Crippen molar-refractivity contribution in [1.82, 2.24) is 0 Å². The number of nitrogens with two attached hydrogens (primary N) is 1. The SMILES string of the molecule is COc1ccc(S(N)(=O)=O)cc1NC(C)C(OC)OC. The number of anilines is 1. The molecule has 1 rings (SSSR count). The lowest BCUT2D eigenvalue weighted by Crippen LogP contribution is -2.34. The number of nitrogens with one attached hydrogen (secondary N) is 1. The molecule has 3 N–H and O–H groups in total. The second-order valence-electron chi connectivity index (χ2n) is 4.18. The first-order valence-corrected chi connectivity index (χ1v) is 7.41. The van der Waals surface area contributed by atoms with Crippen molar-refractivity contribution in [1.29, 1.82) is 0 Å². The van der Waals surface area contributed by atoms with E-state index in [0.29, 0.717) is 11.4 Å². The summed E-state index contributed by atoms with van der Waals surface area (Å²) in [6, 6.07) is 4.10. The molecule has 0 bridgehead atoms. The number of hydrogen-bond donors (Lipinski definition) is 2. The van der Waals surface area contributed by atoms with Gasteiger partial charge in [-0.25, -0.2) is 13.6 Å². The molecule has 1 aromatic carbocycles. The minimum absolute atomic E-state index is 0.000571. The van der Waals surface area contributed by atoms with Gasteiger partial charge in [0.05, 0.1) is 23.7 Å². The highest BCUT2D eigenvalue weighted by atomic mass is 32.2. The van der Waals surface area contributed by atoms with Gasteiger partial charge in [0.25, 0.3) is 0 Å². The summed E-state index contributed by atoms with van der Waals surface area (Å²) < 4.78 is 38.2. The molecule has 0 saturated heterocycles. The highest BCUT2D eigenvalue weighted by Crippen LogP contribution is 2.28. The Balaban J connectivity index is 3.09. The molecule has 0 aromatic heterocycles. The second kappa shape index (κ2) is 6.89. The molecule has 1 aromatic rings. The van der Waals surface area contributed by atoms with Crippen LogP contribution >= 0.6 is 0 Å². The van der Waals surface area contributed by atoms with Crippen molar-refractivity contribution in [3.05, 3.63) is 18.2 Å². The first kappa shape index (κ1) is 16.7. The fourth-order valence-corrected chi connectivity index (χ4v) is 2.33. The van der Waals surface area contributed by atoms with Crippen molar-refractivity contribution in [3.8, 4) is 5.75 Å². The molecular weight excluding hydrogens is 284 g/mol. The summed E-state index contributed by atoms with van der Waals surface area (Å²) in [7, 11) is 0.753. The van der Waals surface area contributed by atoms with Gasteiger partial charge in [-0.3, -0.25) is 0 Å². The van der Waals surface area contributed by atoms with E-state index in [0.717, 1.165) is 0 Å². The number of ether oxygens (including phenoxy) is 3. The second-order valence-corrected chi connectivity index (χ2v) is 5.74. The maximum atomic E-state index is 11.4. The number of primary sulfonamides is 1. The third-order valence-corrected chi connectivity index (χ3v) is 3.67. The van der Waals surface area contributed by atoms with Crippen LogP contribution < -0.4 is 15.2 Å². The Morgan fingerprint density at radius 2 is 1.80 bits per heavy atom. The Bertz CT molecular complexity index is 543. The van der Waals surface area contributed by atoms with Crippen LogP contribution in [-0.4, -0.2) is 42.1 Å². The Morgan fingerprint density at radius 1 is 1.20 bits per heavy atom. The zero-order valence-corrected chi connectivity index (χ0v) is 12.7. The van der Waals surface area contributed by atoms with Gasteiger partial charge in [-0.15, -0.1) is 0 Å². The maximum Gasteiger partial charge on any atom is 0.238 e. The van der Waals surface area contributed by atoms with Crippen LogP contribution in [0.25, 0.3) is 0 Å². The van der Waals surface area contributed by atoms with E-state index in [4.69, 9.17) is 19.3 Å². The van der Waals surface area contributed by atoms with Crippen LogP contribution in [0.4, 0.5) is 5.69 Å². The van der Waals surface area contributed by atoms with Gasteiger partial charge in [-0.2, -0.15) is 0 Å². The summed E-state index contributed by atoms with van der Waals surface area (Å²) in [4.78, 5) is -0.000571. The molecule has 114 valence electrons. The topological polar surface area (TPSA) is 99.9 Å². The molecule has 0 heterocycles. The van der Waals surface area contributed by atoms with E-state index in [9.17, 15) is 8.42 Å². The van der Waals surface area contributed by atoms with Crippen LogP contribution in [0.15, 0.2) is 23.1 Å². The number of sulfonamides is 1. The fraction of sp³-hybridized carbons (Fsp3) is 0.500. The predicted octanol–water partition coefficient (Wildman–Crippen LogP) is 0.762. The normalized spacial score (nSPS) is 13.3. The van der Waals surface area contributed by atoms with Gasteiger partial charge in [-0.05, 0) is 25.1 Å². The Labute approximate surface area is 119 Å². The lowest BCUT2D eigenvalue weighted by Gasteiger charge is -2.24. The van der Waals surface area contributed by atoms with Crippen molar-refractivity contribution in [2.24, 2.45) is 5.14 Å². The predicted molar refractivity (Wildman–Crippen MR) is 75.3 cm³/mol. The van der Waals surface area contributed by atoms with Gasteiger partial charge < -0.3 is 19.5 Å². The van der Waals surface area contributed by atoms with Crippen LogP contribution in [0.3, 0.4) is 0 Å². The third kappa shape index (κ3) is 4.07. The Morgan fingerprint density at radius 3 is 2.25 bits per heavy atom. The minimum Gasteiger partial charge on any atom is -0.495 e. The molecule has 0 amide bonds. The van der Waals surface area contributed by atoms with Gasteiger partial charge in [0.2, 0.25) is 10.0 Å². The molecule has 1 atom stereocenters. The molecular formula is C12H20N2O5S. The Hall–Kier alpha value is -1.35. The van der Waals surface area contributed by atoms with Gasteiger partial charge >= 0.3 is 0 Å². The number of rotatable bonds is 7. The minimum atomic E-state index is -3.78. The van der Waals surface area contributed by atoms with Gasteiger partial charge in [-0.1, -0.05) is 0 Å². The van der Waals surface area contributed by atoms with E-state index in [1.54, 1.807) is 0 Å². The first-order valence-electron chi connectivity index (χ1n) is 5.86. The largest absolute Gasteiger partial charge is 0.495 e. The zero-order valence-electron chi connectivity index (χ0n) is 11.9. The molecule has 0 aliphatic rings. The molecule has 1 unspecified atom stereocenters. The first-order chi connectivity index (χ1) is 9.33. The smallest absolute Gasteiger partial charge is 0.238 e. The van der Waals surface area contributed by atoms with Crippen molar-refractivity contribution < 1.29 is 22.6 Å². The van der Waals surface area contributed by atoms with E-state index in [-0.39, 0.29) is 10.9 Å². The van der Waals surface area contributed by atoms with Gasteiger partial charge in [0.15, 0.2) is 6.29 Å². The Kier molecular flexibility index (Phi) is 5.75. The quantitative estimate of drug-likeness (QED) is 0.721. The molecule has 0 fully saturated rings. The summed E-state index contributed by atoms with van der Waals surface area (Å²) in [5.74, 6) is 0.496. The number of methoxy groups -OCH3 is 3. The average molecular weight is 304 g/mol. The fourth-order valence-electron chi connectivity index (χ4n) is 1.79. The van der Waals surface area contributed by atoms with E-state index in [2.05, 4.69) is 5.32 Å². The van der Waals surface area contributed by atoms with Crippen LogP contribution in [0.1, 0.15) is 6.92 Å². The summed E-state index contributed by atoms with van der Waals surface area (Å²) in [5, 5.41) is 8.20. The van der Waals surface area contributed by atoms with Crippen molar-refractivity contribution in [2.45, 2.75) is 24.2 Å². The van der Waals surface area contributed by atoms with Crippen molar-refractivity contribution in [3.63, 3.8) is 0 Å². The van der Waals surface area contributed by atoms with Crippen LogP contribution in [-0.2, 0) is 19.5 Å². The third-order valence-electron chi connectivity index (χ3n) is 2.76. The molecule has 0 radical (unpaired) electrons. The average Bonchev–Trinajstić information content (AvgIpc) is 2.39. The highest BCUT2D eigenvalue weighted by molar-refractivity contribution is 7.89. The molecule has 0 spiro atoms. The maximum absolute atomic E-state index is 11.4. The van der Waals surface area contributed by atoms with E-state index in [1.165, 1.54) is 39.5 Å². The van der Waals surface area contributed by atoms with E-state index in [1.807, 2.05) is 6.92 Å². The van der Waals surface area contributed by atoms with Crippen molar-refractivity contribution >= 4 is 15.7 Å². The summed E-state index contributed by atoms with van der Waals surface area (Å²) in [6.07, 6.45) is -0.488. The summed E-state index contributed by atoms with van der Waals surface area (Å²) >= 11 is 0. The van der Waals surface area contributed by atoms with Gasteiger partial charge in [0, 0.05) is 14.2 Å². The zero-order chi connectivity index (χ0) is 15.3.